The molecule has 3 aromatic rings. The molecule has 1 amide bonds. The van der Waals surface area contributed by atoms with Gasteiger partial charge in [-0.2, -0.15) is 0 Å². The summed E-state index contributed by atoms with van der Waals surface area (Å²) in [5, 5.41) is 2.78. The fourth-order valence-electron chi connectivity index (χ4n) is 2.84. The van der Waals surface area contributed by atoms with Gasteiger partial charge in [-0.3, -0.25) is 4.79 Å². The quantitative estimate of drug-likeness (QED) is 0.541. The topological polar surface area (TPSA) is 104 Å². The van der Waals surface area contributed by atoms with Crippen molar-refractivity contribution in [3.63, 3.8) is 0 Å². The Morgan fingerprint density at radius 3 is 2.45 bits per heavy atom. The first-order valence-electron chi connectivity index (χ1n) is 9.23. The average Bonchev–Trinajstić information content (AvgIpc) is 3.36. The lowest BCUT2D eigenvalue weighted by Crippen LogP contribution is -2.13. The summed E-state index contributed by atoms with van der Waals surface area (Å²) >= 11 is 0.927. The zero-order chi connectivity index (χ0) is 22.5. The summed E-state index contributed by atoms with van der Waals surface area (Å²) < 4.78 is 20.8. The van der Waals surface area contributed by atoms with E-state index in [-0.39, 0.29) is 27.8 Å². The Kier molecular flexibility index (Phi) is 6.76. The Morgan fingerprint density at radius 1 is 1.03 bits per heavy atom. The van der Waals surface area contributed by atoms with Crippen molar-refractivity contribution in [1.82, 2.24) is 0 Å². The van der Waals surface area contributed by atoms with Crippen molar-refractivity contribution in [2.45, 2.75) is 20.5 Å². The molecule has 8 nitrogen and oxygen atoms in total. The summed E-state index contributed by atoms with van der Waals surface area (Å²) in [7, 11) is 2.46. The molecule has 3 rings (SSSR count). The van der Waals surface area contributed by atoms with Gasteiger partial charge in [0.1, 0.15) is 28.0 Å². The molecule has 0 bridgehead atoms. The maximum Gasteiger partial charge on any atom is 0.348 e. The van der Waals surface area contributed by atoms with Gasteiger partial charge in [0, 0.05) is 0 Å². The number of nitrogens with one attached hydrogen (secondary N) is 1. The first-order chi connectivity index (χ1) is 14.8. The fraction of sp³-hybridized carbons (Fsp3) is 0.227. The standard InChI is InChI=1S/C22H21NO7S/c1-12-6-5-7-14(10-12)29-11-15-8-9-16(30-15)19(24)23-20-17(21(25)27-3)13(2)18(31-20)22(26)28-4/h5-10H,11H2,1-4H3,(H,23,24). The number of rotatable bonds is 7. The summed E-state index contributed by atoms with van der Waals surface area (Å²) in [5.41, 5.74) is 1.53. The van der Waals surface area contributed by atoms with Crippen LogP contribution in [0.25, 0.3) is 0 Å². The molecule has 2 aromatic heterocycles. The van der Waals surface area contributed by atoms with Crippen LogP contribution in [0.4, 0.5) is 5.00 Å². The van der Waals surface area contributed by atoms with Gasteiger partial charge in [0.2, 0.25) is 0 Å². The number of esters is 2. The summed E-state index contributed by atoms with van der Waals surface area (Å²) in [6.07, 6.45) is 0. The fourth-order valence-corrected chi connectivity index (χ4v) is 3.95. The Bertz CT molecular complexity index is 1130. The number of anilines is 1. The Labute approximate surface area is 182 Å². The Hall–Kier alpha value is -3.59. The van der Waals surface area contributed by atoms with E-state index < -0.39 is 17.8 Å². The van der Waals surface area contributed by atoms with Gasteiger partial charge in [-0.25, -0.2) is 9.59 Å². The van der Waals surface area contributed by atoms with Crippen LogP contribution >= 0.6 is 11.3 Å². The van der Waals surface area contributed by atoms with Gasteiger partial charge in [0.15, 0.2) is 5.76 Å². The molecule has 0 spiro atoms. The molecule has 162 valence electrons. The van der Waals surface area contributed by atoms with E-state index in [0.29, 0.717) is 17.1 Å². The third-order valence-corrected chi connectivity index (χ3v) is 5.58. The lowest BCUT2D eigenvalue weighted by molar-refractivity contribution is 0.0601. The Balaban J connectivity index is 1.76. The average molecular weight is 443 g/mol. The molecule has 0 unspecified atom stereocenters. The van der Waals surface area contributed by atoms with Crippen molar-refractivity contribution in [2.24, 2.45) is 0 Å². The summed E-state index contributed by atoms with van der Waals surface area (Å²) in [5.74, 6) is -0.687. The minimum Gasteiger partial charge on any atom is -0.486 e. The summed E-state index contributed by atoms with van der Waals surface area (Å²) in [4.78, 5) is 37.0. The smallest absolute Gasteiger partial charge is 0.348 e. The highest BCUT2D eigenvalue weighted by molar-refractivity contribution is 7.18. The predicted molar refractivity (Wildman–Crippen MR) is 114 cm³/mol. The molecular formula is C22H21NO7S. The molecule has 0 saturated carbocycles. The summed E-state index contributed by atoms with van der Waals surface area (Å²) in [6, 6.07) is 10.7. The van der Waals surface area contributed by atoms with Gasteiger partial charge >= 0.3 is 11.9 Å². The van der Waals surface area contributed by atoms with Crippen LogP contribution in [-0.4, -0.2) is 32.1 Å². The number of methoxy groups -OCH3 is 2. The number of amides is 1. The number of hydrogen-bond acceptors (Lipinski definition) is 8. The zero-order valence-corrected chi connectivity index (χ0v) is 18.3. The van der Waals surface area contributed by atoms with Crippen LogP contribution in [0.1, 0.15) is 47.5 Å². The molecule has 0 saturated heterocycles. The molecule has 0 atom stereocenters. The SMILES string of the molecule is COC(=O)c1sc(NC(=O)c2ccc(COc3cccc(C)c3)o2)c(C(=O)OC)c1C. The van der Waals surface area contributed by atoms with Crippen LogP contribution in [0.5, 0.6) is 5.75 Å². The van der Waals surface area contributed by atoms with Gasteiger partial charge in [0.25, 0.3) is 5.91 Å². The van der Waals surface area contributed by atoms with Crippen LogP contribution in [-0.2, 0) is 16.1 Å². The number of thiophene rings is 1. The first-order valence-corrected chi connectivity index (χ1v) is 10.0. The van der Waals surface area contributed by atoms with Crippen molar-refractivity contribution in [3.05, 3.63) is 69.5 Å². The Morgan fingerprint density at radius 2 is 1.77 bits per heavy atom. The van der Waals surface area contributed by atoms with Crippen LogP contribution in [0.3, 0.4) is 0 Å². The van der Waals surface area contributed by atoms with Gasteiger partial charge in [-0.05, 0) is 49.2 Å². The van der Waals surface area contributed by atoms with Crippen molar-refractivity contribution in [2.75, 3.05) is 19.5 Å². The van der Waals surface area contributed by atoms with Crippen molar-refractivity contribution in [3.8, 4) is 5.75 Å². The number of furan rings is 1. The van der Waals surface area contributed by atoms with E-state index in [4.69, 9.17) is 18.6 Å². The molecule has 0 aliphatic rings. The second-order valence-corrected chi connectivity index (χ2v) is 7.59. The highest BCUT2D eigenvalue weighted by Crippen LogP contribution is 2.34. The largest absolute Gasteiger partial charge is 0.486 e. The van der Waals surface area contributed by atoms with Crippen molar-refractivity contribution in [1.29, 1.82) is 0 Å². The van der Waals surface area contributed by atoms with E-state index in [1.54, 1.807) is 13.0 Å². The van der Waals surface area contributed by atoms with Crippen molar-refractivity contribution < 1.29 is 33.0 Å². The molecule has 0 aliphatic heterocycles. The van der Waals surface area contributed by atoms with Crippen LogP contribution < -0.4 is 10.1 Å². The van der Waals surface area contributed by atoms with E-state index in [9.17, 15) is 14.4 Å². The second kappa shape index (κ2) is 9.48. The molecule has 0 aliphatic carbocycles. The van der Waals surface area contributed by atoms with Gasteiger partial charge in [0.05, 0.1) is 19.8 Å². The number of carbonyl (C=O) groups excluding carboxylic acids is 3. The highest BCUT2D eigenvalue weighted by atomic mass is 32.1. The zero-order valence-electron chi connectivity index (χ0n) is 17.4. The molecule has 0 fully saturated rings. The number of carbonyl (C=O) groups is 3. The number of benzene rings is 1. The van der Waals surface area contributed by atoms with E-state index in [0.717, 1.165) is 16.9 Å². The maximum absolute atomic E-state index is 12.7. The monoisotopic (exact) mass is 443 g/mol. The minimum atomic E-state index is -0.675. The number of ether oxygens (including phenoxy) is 3. The van der Waals surface area contributed by atoms with Crippen LogP contribution in [0.15, 0.2) is 40.8 Å². The predicted octanol–water partition coefficient (Wildman–Crippen LogP) is 4.36. The van der Waals surface area contributed by atoms with E-state index in [1.165, 1.54) is 20.3 Å². The molecule has 1 aromatic carbocycles. The normalized spacial score (nSPS) is 10.5. The first kappa shape index (κ1) is 22.1. The van der Waals surface area contributed by atoms with Gasteiger partial charge < -0.3 is 23.9 Å². The maximum atomic E-state index is 12.7. The molecular weight excluding hydrogens is 422 g/mol. The molecule has 0 radical (unpaired) electrons. The van der Waals surface area contributed by atoms with Crippen molar-refractivity contribution >= 4 is 34.2 Å². The lowest BCUT2D eigenvalue weighted by atomic mass is 10.1. The van der Waals surface area contributed by atoms with Gasteiger partial charge in [-0.1, -0.05) is 12.1 Å². The molecule has 9 heteroatoms. The third-order valence-electron chi connectivity index (χ3n) is 4.39. The number of hydrogen-bond donors (Lipinski definition) is 1. The molecule has 2 heterocycles. The number of aryl methyl sites for hydroxylation is 1. The third kappa shape index (κ3) is 4.95. The van der Waals surface area contributed by atoms with E-state index in [2.05, 4.69) is 5.32 Å². The molecule has 1 N–H and O–H groups in total. The van der Waals surface area contributed by atoms with E-state index >= 15 is 0 Å². The minimum absolute atomic E-state index is 0.0318. The van der Waals surface area contributed by atoms with E-state index in [1.807, 2.05) is 31.2 Å². The second-order valence-electron chi connectivity index (χ2n) is 6.57. The lowest BCUT2D eigenvalue weighted by Gasteiger charge is -2.05. The van der Waals surface area contributed by atoms with Crippen LogP contribution in [0.2, 0.25) is 0 Å². The van der Waals surface area contributed by atoms with Gasteiger partial charge in [-0.15, -0.1) is 11.3 Å². The highest BCUT2D eigenvalue weighted by Gasteiger charge is 2.27. The van der Waals surface area contributed by atoms with Crippen LogP contribution in [0, 0.1) is 13.8 Å². The summed E-state index contributed by atoms with van der Waals surface area (Å²) in [6.45, 7) is 3.69. The molecule has 31 heavy (non-hydrogen) atoms.